The third-order valence-electron chi connectivity index (χ3n) is 2.86. The average molecular weight is 245 g/mol. The first kappa shape index (κ1) is 11.8. The smallest absolute Gasteiger partial charge is 0.133 e. The van der Waals surface area contributed by atoms with Gasteiger partial charge in [-0.05, 0) is 25.0 Å². The summed E-state index contributed by atoms with van der Waals surface area (Å²) < 4.78 is 18.9. The predicted molar refractivity (Wildman–Crippen MR) is 60.9 cm³/mol. The van der Waals surface area contributed by atoms with Crippen molar-refractivity contribution >= 4 is 11.6 Å². The lowest BCUT2D eigenvalue weighted by Gasteiger charge is -2.09. The fourth-order valence-electron chi connectivity index (χ4n) is 1.97. The Labute approximate surface area is 99.7 Å². The van der Waals surface area contributed by atoms with Gasteiger partial charge in [0.1, 0.15) is 25.0 Å². The molecule has 2 N–H and O–H groups in total. The Morgan fingerprint density at radius 3 is 3.06 bits per heavy atom. The molecule has 2 rings (SSSR count). The first-order valence-electron chi connectivity index (χ1n) is 5.63. The quantitative estimate of drug-likeness (QED) is 0.858. The van der Waals surface area contributed by atoms with Crippen molar-refractivity contribution in [2.75, 3.05) is 13.2 Å². The van der Waals surface area contributed by atoms with E-state index in [1.54, 1.807) is 12.1 Å². The molecule has 16 heavy (non-hydrogen) atoms. The third kappa shape index (κ3) is 2.94. The summed E-state index contributed by atoms with van der Waals surface area (Å²) >= 11 is 5.93. The first-order chi connectivity index (χ1) is 7.77. The maximum absolute atomic E-state index is 13.4. The molecule has 0 aliphatic carbocycles. The molecule has 0 amide bonds. The zero-order chi connectivity index (χ0) is 11.4. The Balaban J connectivity index is 1.84. The number of nitrogens with two attached hydrogens (primary N) is 1. The standard InChI is InChI=1S/C12H15ClFNO/c13-11-4-1-5-12(14)10(11)8-15-7-9-3-2-6-16-9/h1,4-5,9,15H,2-3,6-8H2/p+1/t9-/m0/s1. The molecular formula is C12H16ClFNO+. The number of hydrogen-bond donors (Lipinski definition) is 1. The molecule has 1 aromatic rings. The molecule has 0 saturated carbocycles. The van der Waals surface area contributed by atoms with E-state index in [0.29, 0.717) is 23.2 Å². The summed E-state index contributed by atoms with van der Waals surface area (Å²) in [5.41, 5.74) is 0.585. The van der Waals surface area contributed by atoms with E-state index in [1.165, 1.54) is 6.07 Å². The molecule has 0 unspecified atom stereocenters. The van der Waals surface area contributed by atoms with E-state index in [2.05, 4.69) is 5.32 Å². The number of rotatable bonds is 4. The van der Waals surface area contributed by atoms with Gasteiger partial charge in [-0.25, -0.2) is 4.39 Å². The monoisotopic (exact) mass is 244 g/mol. The van der Waals surface area contributed by atoms with E-state index in [0.717, 1.165) is 26.0 Å². The molecule has 0 aromatic heterocycles. The van der Waals surface area contributed by atoms with Crippen molar-refractivity contribution in [3.63, 3.8) is 0 Å². The van der Waals surface area contributed by atoms with Crippen LogP contribution < -0.4 is 5.32 Å². The van der Waals surface area contributed by atoms with Crippen LogP contribution in [-0.2, 0) is 11.3 Å². The zero-order valence-electron chi connectivity index (χ0n) is 9.09. The Bertz CT molecular complexity index is 333. The summed E-state index contributed by atoms with van der Waals surface area (Å²) in [6.45, 7) is 2.31. The van der Waals surface area contributed by atoms with Crippen molar-refractivity contribution in [1.82, 2.24) is 0 Å². The Kier molecular flexibility index (Phi) is 4.16. The lowest BCUT2D eigenvalue weighted by atomic mass is 10.2. The number of ether oxygens (including phenoxy) is 1. The van der Waals surface area contributed by atoms with Gasteiger partial charge in [-0.15, -0.1) is 0 Å². The van der Waals surface area contributed by atoms with Crippen LogP contribution in [0.2, 0.25) is 5.02 Å². The lowest BCUT2D eigenvalue weighted by molar-refractivity contribution is -0.676. The van der Waals surface area contributed by atoms with E-state index in [1.807, 2.05) is 0 Å². The number of halogens is 2. The van der Waals surface area contributed by atoms with Crippen molar-refractivity contribution in [3.05, 3.63) is 34.6 Å². The minimum absolute atomic E-state index is 0.226. The van der Waals surface area contributed by atoms with Gasteiger partial charge in [0.25, 0.3) is 0 Å². The summed E-state index contributed by atoms with van der Waals surface area (Å²) in [6, 6.07) is 4.79. The highest BCUT2D eigenvalue weighted by Gasteiger charge is 2.17. The van der Waals surface area contributed by atoms with Gasteiger partial charge in [-0.2, -0.15) is 0 Å². The second-order valence-corrected chi connectivity index (χ2v) is 4.47. The molecule has 1 aliphatic heterocycles. The van der Waals surface area contributed by atoms with Gasteiger partial charge in [0, 0.05) is 6.61 Å². The van der Waals surface area contributed by atoms with Crippen molar-refractivity contribution < 1.29 is 14.4 Å². The van der Waals surface area contributed by atoms with Crippen molar-refractivity contribution in [1.29, 1.82) is 0 Å². The Morgan fingerprint density at radius 2 is 2.38 bits per heavy atom. The number of benzene rings is 1. The topological polar surface area (TPSA) is 25.8 Å². The van der Waals surface area contributed by atoms with Crippen molar-refractivity contribution in [3.8, 4) is 0 Å². The molecule has 1 saturated heterocycles. The second kappa shape index (κ2) is 5.62. The summed E-state index contributed by atoms with van der Waals surface area (Å²) in [7, 11) is 0. The molecule has 1 aliphatic rings. The van der Waals surface area contributed by atoms with E-state index in [4.69, 9.17) is 16.3 Å². The van der Waals surface area contributed by atoms with Gasteiger partial charge in [0.2, 0.25) is 0 Å². The molecule has 0 radical (unpaired) electrons. The van der Waals surface area contributed by atoms with Crippen LogP contribution in [0.4, 0.5) is 4.39 Å². The van der Waals surface area contributed by atoms with E-state index in [-0.39, 0.29) is 5.82 Å². The summed E-state index contributed by atoms with van der Waals surface area (Å²) in [5, 5.41) is 2.56. The summed E-state index contributed by atoms with van der Waals surface area (Å²) in [5.74, 6) is -0.226. The summed E-state index contributed by atoms with van der Waals surface area (Å²) in [4.78, 5) is 0. The van der Waals surface area contributed by atoms with Crippen LogP contribution in [0.1, 0.15) is 18.4 Å². The van der Waals surface area contributed by atoms with E-state index >= 15 is 0 Å². The lowest BCUT2D eigenvalue weighted by Crippen LogP contribution is -2.84. The second-order valence-electron chi connectivity index (χ2n) is 4.06. The Morgan fingerprint density at radius 1 is 1.50 bits per heavy atom. The Hall–Kier alpha value is -0.640. The molecule has 1 atom stereocenters. The normalized spacial score (nSPS) is 20.2. The fraction of sp³-hybridized carbons (Fsp3) is 0.500. The molecule has 1 aromatic carbocycles. The highest BCUT2D eigenvalue weighted by atomic mass is 35.5. The molecule has 0 bridgehead atoms. The van der Waals surface area contributed by atoms with Crippen LogP contribution in [0.25, 0.3) is 0 Å². The minimum Gasteiger partial charge on any atom is -0.372 e. The van der Waals surface area contributed by atoms with Gasteiger partial charge >= 0.3 is 0 Å². The number of quaternary nitrogens is 1. The molecular weight excluding hydrogens is 229 g/mol. The van der Waals surface area contributed by atoms with Crippen LogP contribution in [-0.4, -0.2) is 19.3 Å². The van der Waals surface area contributed by atoms with Crippen molar-refractivity contribution in [2.45, 2.75) is 25.5 Å². The largest absolute Gasteiger partial charge is 0.372 e. The van der Waals surface area contributed by atoms with Crippen LogP contribution in [0.15, 0.2) is 18.2 Å². The average Bonchev–Trinajstić information content (AvgIpc) is 2.75. The van der Waals surface area contributed by atoms with Gasteiger partial charge in [0.15, 0.2) is 0 Å². The van der Waals surface area contributed by atoms with Crippen LogP contribution in [0.3, 0.4) is 0 Å². The third-order valence-corrected chi connectivity index (χ3v) is 3.22. The molecule has 1 heterocycles. The van der Waals surface area contributed by atoms with Crippen LogP contribution in [0.5, 0.6) is 0 Å². The van der Waals surface area contributed by atoms with Gasteiger partial charge < -0.3 is 10.1 Å². The molecule has 4 heteroatoms. The molecule has 2 nitrogen and oxygen atoms in total. The highest BCUT2D eigenvalue weighted by Crippen LogP contribution is 2.17. The van der Waals surface area contributed by atoms with E-state index < -0.39 is 0 Å². The first-order valence-corrected chi connectivity index (χ1v) is 6.01. The predicted octanol–water partition coefficient (Wildman–Crippen LogP) is 1.72. The van der Waals surface area contributed by atoms with Crippen molar-refractivity contribution in [2.24, 2.45) is 0 Å². The summed E-state index contributed by atoms with van der Waals surface area (Å²) in [6.07, 6.45) is 2.58. The van der Waals surface area contributed by atoms with Crippen LogP contribution >= 0.6 is 11.6 Å². The highest BCUT2D eigenvalue weighted by molar-refractivity contribution is 6.31. The van der Waals surface area contributed by atoms with Gasteiger partial charge in [0.05, 0.1) is 10.6 Å². The SMILES string of the molecule is Fc1cccc(Cl)c1C[NH2+]C[C@@H]1CCCO1. The van der Waals surface area contributed by atoms with Gasteiger partial charge in [-0.3, -0.25) is 0 Å². The molecule has 88 valence electrons. The minimum atomic E-state index is -0.226. The van der Waals surface area contributed by atoms with E-state index in [9.17, 15) is 4.39 Å². The zero-order valence-corrected chi connectivity index (χ0v) is 9.84. The maximum Gasteiger partial charge on any atom is 0.133 e. The molecule has 1 fully saturated rings. The number of hydrogen-bond acceptors (Lipinski definition) is 1. The van der Waals surface area contributed by atoms with Gasteiger partial charge in [-0.1, -0.05) is 17.7 Å². The fourth-order valence-corrected chi connectivity index (χ4v) is 2.21. The molecule has 0 spiro atoms. The maximum atomic E-state index is 13.4. The van der Waals surface area contributed by atoms with Crippen LogP contribution in [0, 0.1) is 5.82 Å².